The van der Waals surface area contributed by atoms with E-state index in [2.05, 4.69) is 15.3 Å². The Kier molecular flexibility index (Phi) is 6.06. The number of esters is 1. The zero-order valence-electron chi connectivity index (χ0n) is 17.5. The van der Waals surface area contributed by atoms with Crippen LogP contribution in [-0.2, 0) is 16.1 Å². The fourth-order valence-corrected chi connectivity index (χ4v) is 4.46. The summed E-state index contributed by atoms with van der Waals surface area (Å²) in [5.74, 6) is -0.384. The van der Waals surface area contributed by atoms with Gasteiger partial charge in [0, 0.05) is 18.2 Å². The van der Waals surface area contributed by atoms with Gasteiger partial charge in [0.05, 0.1) is 24.5 Å². The molecule has 31 heavy (non-hydrogen) atoms. The average Bonchev–Trinajstić information content (AvgIpc) is 3.14. The van der Waals surface area contributed by atoms with Crippen LogP contribution in [0.25, 0.3) is 26.1 Å². The van der Waals surface area contributed by atoms with Crippen LogP contribution in [-0.4, -0.2) is 39.7 Å². The van der Waals surface area contributed by atoms with Crippen LogP contribution in [0.4, 0.5) is 0 Å². The zero-order chi connectivity index (χ0) is 22.0. The van der Waals surface area contributed by atoms with Crippen molar-refractivity contribution in [3.8, 4) is 5.69 Å². The fraction of sp³-hybridized carbons (Fsp3) is 0.318. The van der Waals surface area contributed by atoms with Crippen molar-refractivity contribution in [2.45, 2.75) is 33.3 Å². The monoisotopic (exact) mass is 438 g/mol. The molecule has 0 aliphatic rings. The number of carbonyl (C=O) groups excluding carboxylic acids is 1. The van der Waals surface area contributed by atoms with Crippen LogP contribution in [0.2, 0.25) is 0 Å². The highest BCUT2D eigenvalue weighted by molar-refractivity contribution is 7.25. The van der Waals surface area contributed by atoms with Gasteiger partial charge < -0.3 is 9.47 Å². The summed E-state index contributed by atoms with van der Waals surface area (Å²) in [5, 5.41) is 9.26. The summed E-state index contributed by atoms with van der Waals surface area (Å²) in [5.41, 5.74) is 2.95. The molecule has 4 aromatic rings. The number of rotatable bonds is 7. The number of unbranched alkanes of at least 4 members (excludes halogenated alkanes) is 1. The van der Waals surface area contributed by atoms with Gasteiger partial charge >= 0.3 is 5.97 Å². The molecule has 4 rings (SSSR count). The molecule has 0 saturated heterocycles. The molecule has 0 aliphatic carbocycles. The molecule has 9 heteroatoms. The number of hydrogen-bond donors (Lipinski definition) is 0. The van der Waals surface area contributed by atoms with Gasteiger partial charge in [0.1, 0.15) is 15.0 Å². The van der Waals surface area contributed by atoms with Gasteiger partial charge in [-0.1, -0.05) is 18.6 Å². The number of aromatic nitrogens is 4. The summed E-state index contributed by atoms with van der Waals surface area (Å²) in [6.45, 7) is 4.72. The lowest BCUT2D eigenvalue weighted by Gasteiger charge is -2.06. The number of thiophene rings is 1. The minimum Gasteiger partial charge on any atom is -0.462 e. The number of benzene rings is 1. The summed E-state index contributed by atoms with van der Waals surface area (Å²) in [7, 11) is 1.62. The third-order valence-corrected chi connectivity index (χ3v) is 5.91. The molecule has 8 nitrogen and oxygen atoms in total. The van der Waals surface area contributed by atoms with E-state index in [0.717, 1.165) is 34.3 Å². The maximum Gasteiger partial charge on any atom is 0.338 e. The standard InChI is InChI=1S/C22H22N4O4S/c1-4-5-10-30-22(28)14-6-8-16(9-7-14)26-21(27)19-18(24-25-26)17-15(12-29-3)11-13(2)23-20(17)31-19/h6-9,11H,4-5,10,12H2,1-3H3. The Bertz CT molecular complexity index is 1310. The molecule has 0 radical (unpaired) electrons. The Labute approximate surface area is 182 Å². The lowest BCUT2D eigenvalue weighted by atomic mass is 10.1. The number of fused-ring (bicyclic) bond motifs is 3. The van der Waals surface area contributed by atoms with Gasteiger partial charge in [-0.2, -0.15) is 4.68 Å². The molecule has 3 heterocycles. The van der Waals surface area contributed by atoms with E-state index in [9.17, 15) is 9.59 Å². The van der Waals surface area contributed by atoms with E-state index in [1.54, 1.807) is 31.4 Å². The van der Waals surface area contributed by atoms with Gasteiger partial charge in [0.2, 0.25) is 0 Å². The molecule has 0 saturated carbocycles. The van der Waals surface area contributed by atoms with Crippen LogP contribution in [0.15, 0.2) is 35.1 Å². The van der Waals surface area contributed by atoms with Crippen molar-refractivity contribution in [2.24, 2.45) is 0 Å². The Morgan fingerprint density at radius 2 is 2.00 bits per heavy atom. The predicted octanol–water partition coefficient (Wildman–Crippen LogP) is 3.80. The van der Waals surface area contributed by atoms with Crippen LogP contribution in [0.3, 0.4) is 0 Å². The van der Waals surface area contributed by atoms with E-state index >= 15 is 0 Å². The van der Waals surface area contributed by atoms with Crippen molar-refractivity contribution < 1.29 is 14.3 Å². The average molecular weight is 439 g/mol. The van der Waals surface area contributed by atoms with Gasteiger partial charge in [0.25, 0.3) is 5.56 Å². The predicted molar refractivity (Wildman–Crippen MR) is 119 cm³/mol. The molecule has 0 aliphatic heterocycles. The summed E-state index contributed by atoms with van der Waals surface area (Å²) in [6.07, 6.45) is 1.78. The number of pyridine rings is 1. The van der Waals surface area contributed by atoms with E-state index in [0.29, 0.717) is 34.7 Å². The molecule has 1 aromatic carbocycles. The maximum absolute atomic E-state index is 13.2. The van der Waals surface area contributed by atoms with Gasteiger partial charge in [-0.3, -0.25) is 4.79 Å². The highest BCUT2D eigenvalue weighted by Gasteiger charge is 2.18. The summed E-state index contributed by atoms with van der Waals surface area (Å²) < 4.78 is 12.2. The van der Waals surface area contributed by atoms with Gasteiger partial charge in [-0.05, 0) is 49.2 Å². The fourth-order valence-electron chi connectivity index (χ4n) is 3.33. The molecular formula is C22H22N4O4S. The first-order valence-electron chi connectivity index (χ1n) is 9.98. The first-order chi connectivity index (χ1) is 15.0. The lowest BCUT2D eigenvalue weighted by Crippen LogP contribution is -2.21. The first kappa shape index (κ1) is 21.1. The zero-order valence-corrected chi connectivity index (χ0v) is 18.4. The SMILES string of the molecule is CCCCOC(=O)c1ccc(-n2nnc3c(sc4nc(C)cc(COC)c43)c2=O)cc1. The Hall–Kier alpha value is -3.17. The number of aryl methyl sites for hydroxylation is 1. The number of nitrogens with zero attached hydrogens (tertiary/aromatic N) is 4. The van der Waals surface area contributed by atoms with E-state index in [1.165, 1.54) is 16.0 Å². The van der Waals surface area contributed by atoms with E-state index in [-0.39, 0.29) is 11.5 Å². The smallest absolute Gasteiger partial charge is 0.338 e. The van der Waals surface area contributed by atoms with Gasteiger partial charge in [0.15, 0.2) is 0 Å². The third-order valence-electron chi connectivity index (χ3n) is 4.85. The highest BCUT2D eigenvalue weighted by atomic mass is 32.1. The van der Waals surface area contributed by atoms with Crippen molar-refractivity contribution >= 4 is 37.7 Å². The summed E-state index contributed by atoms with van der Waals surface area (Å²) >= 11 is 1.29. The van der Waals surface area contributed by atoms with Crippen molar-refractivity contribution in [3.63, 3.8) is 0 Å². The molecule has 3 aromatic heterocycles. The number of ether oxygens (including phenoxy) is 2. The Morgan fingerprint density at radius 3 is 2.71 bits per heavy atom. The Morgan fingerprint density at radius 1 is 1.23 bits per heavy atom. The van der Waals surface area contributed by atoms with Crippen molar-refractivity contribution in [2.75, 3.05) is 13.7 Å². The molecule has 0 spiro atoms. The van der Waals surface area contributed by atoms with Crippen LogP contribution in [0, 0.1) is 6.92 Å². The second-order valence-electron chi connectivity index (χ2n) is 7.16. The van der Waals surface area contributed by atoms with Crippen molar-refractivity contribution in [3.05, 3.63) is 57.5 Å². The Balaban J connectivity index is 1.73. The number of hydrogen-bond acceptors (Lipinski definition) is 8. The van der Waals surface area contributed by atoms with E-state index in [4.69, 9.17) is 9.47 Å². The van der Waals surface area contributed by atoms with Gasteiger partial charge in [-0.15, -0.1) is 16.4 Å². The first-order valence-corrected chi connectivity index (χ1v) is 10.8. The molecule has 0 N–H and O–H groups in total. The second kappa shape index (κ2) is 8.91. The number of carbonyl (C=O) groups is 1. The highest BCUT2D eigenvalue weighted by Crippen LogP contribution is 2.32. The normalized spacial score (nSPS) is 11.3. The van der Waals surface area contributed by atoms with Crippen LogP contribution < -0.4 is 5.56 Å². The summed E-state index contributed by atoms with van der Waals surface area (Å²) in [6, 6.07) is 8.49. The topological polar surface area (TPSA) is 96.2 Å². The number of methoxy groups -OCH3 is 1. The molecule has 0 atom stereocenters. The summed E-state index contributed by atoms with van der Waals surface area (Å²) in [4.78, 5) is 30.5. The van der Waals surface area contributed by atoms with Crippen LogP contribution in [0.1, 0.15) is 41.4 Å². The molecule has 0 fully saturated rings. The molecule has 0 bridgehead atoms. The van der Waals surface area contributed by atoms with Crippen LogP contribution >= 0.6 is 11.3 Å². The quantitative estimate of drug-likeness (QED) is 0.320. The maximum atomic E-state index is 13.2. The van der Waals surface area contributed by atoms with E-state index in [1.807, 2.05) is 19.9 Å². The second-order valence-corrected chi connectivity index (χ2v) is 8.16. The lowest BCUT2D eigenvalue weighted by molar-refractivity contribution is 0.0499. The van der Waals surface area contributed by atoms with Gasteiger partial charge in [-0.25, -0.2) is 9.78 Å². The van der Waals surface area contributed by atoms with E-state index < -0.39 is 0 Å². The largest absolute Gasteiger partial charge is 0.462 e. The minimum absolute atomic E-state index is 0.285. The molecule has 160 valence electrons. The molecule has 0 unspecified atom stereocenters. The van der Waals surface area contributed by atoms with Crippen LogP contribution in [0.5, 0.6) is 0 Å². The minimum atomic E-state index is -0.384. The molecular weight excluding hydrogens is 416 g/mol. The molecule has 0 amide bonds. The third kappa shape index (κ3) is 4.06. The van der Waals surface area contributed by atoms with Crippen molar-refractivity contribution in [1.29, 1.82) is 0 Å². The van der Waals surface area contributed by atoms with Crippen molar-refractivity contribution in [1.82, 2.24) is 20.0 Å².